The highest BCUT2D eigenvalue weighted by Crippen LogP contribution is 2.35. The fourth-order valence-electron chi connectivity index (χ4n) is 2.47. The normalized spacial score (nSPS) is 22.0. The van der Waals surface area contributed by atoms with E-state index in [0.29, 0.717) is 24.2 Å². The van der Waals surface area contributed by atoms with Crippen molar-refractivity contribution >= 4 is 17.3 Å². The Bertz CT molecular complexity index is 315. The quantitative estimate of drug-likeness (QED) is 0.405. The molecule has 1 atom stereocenters. The average molecular weight is 271 g/mol. The highest BCUT2D eigenvalue weighted by Gasteiger charge is 2.25. The zero-order valence-electron chi connectivity index (χ0n) is 11.8. The summed E-state index contributed by atoms with van der Waals surface area (Å²) in [5.41, 5.74) is 7.69. The summed E-state index contributed by atoms with van der Waals surface area (Å²) in [7, 11) is 1.67. The molecule has 3 N–H and O–H groups in total. The van der Waals surface area contributed by atoms with Gasteiger partial charge in [-0.3, -0.25) is 5.43 Å². The average Bonchev–Trinajstić information content (AvgIpc) is 2.24. The van der Waals surface area contributed by atoms with Gasteiger partial charge in [0.1, 0.15) is 0 Å². The van der Waals surface area contributed by atoms with Crippen LogP contribution in [-0.4, -0.2) is 25.4 Å². The van der Waals surface area contributed by atoms with Crippen molar-refractivity contribution in [3.8, 4) is 0 Å². The molecule has 0 aromatic rings. The van der Waals surface area contributed by atoms with Crippen LogP contribution < -0.4 is 16.2 Å². The summed E-state index contributed by atoms with van der Waals surface area (Å²) in [5, 5.41) is 3.66. The van der Waals surface area contributed by atoms with Crippen molar-refractivity contribution in [3.05, 3.63) is 11.8 Å². The van der Waals surface area contributed by atoms with E-state index in [9.17, 15) is 0 Å². The molecule has 5 heteroatoms. The molecule has 0 aromatic heterocycles. The molecule has 0 fully saturated rings. The Morgan fingerprint density at radius 3 is 2.89 bits per heavy atom. The molecule has 0 aliphatic heterocycles. The molecular formula is C13H25N3OS. The monoisotopic (exact) mass is 271 g/mol. The van der Waals surface area contributed by atoms with Gasteiger partial charge in [-0.1, -0.05) is 26.8 Å². The Morgan fingerprint density at radius 2 is 2.28 bits per heavy atom. The van der Waals surface area contributed by atoms with E-state index in [1.54, 1.807) is 7.11 Å². The number of nitrogens with one attached hydrogen (secondary N) is 3. The Kier molecular flexibility index (Phi) is 5.88. The van der Waals surface area contributed by atoms with Gasteiger partial charge in [0.2, 0.25) is 0 Å². The van der Waals surface area contributed by atoms with Crippen LogP contribution in [0.2, 0.25) is 0 Å². The summed E-state index contributed by atoms with van der Waals surface area (Å²) in [5.74, 6) is 0.698. The SMILES string of the molecule is COCCNC(=S)NNC1=CC(C)(C)C[C@@H](C)C1. The van der Waals surface area contributed by atoms with Gasteiger partial charge in [-0.25, -0.2) is 0 Å². The van der Waals surface area contributed by atoms with E-state index >= 15 is 0 Å². The number of rotatable bonds is 5. The number of ether oxygens (including phenoxy) is 1. The predicted octanol–water partition coefficient (Wildman–Crippen LogP) is 1.94. The van der Waals surface area contributed by atoms with E-state index in [1.807, 2.05) is 0 Å². The third-order valence-electron chi connectivity index (χ3n) is 2.94. The summed E-state index contributed by atoms with van der Waals surface area (Å²) in [6.45, 7) is 8.17. The van der Waals surface area contributed by atoms with E-state index in [2.05, 4.69) is 43.0 Å². The van der Waals surface area contributed by atoms with Gasteiger partial charge in [0.15, 0.2) is 5.11 Å². The van der Waals surface area contributed by atoms with Crippen molar-refractivity contribution in [2.45, 2.75) is 33.6 Å². The highest BCUT2D eigenvalue weighted by atomic mass is 32.1. The molecular weight excluding hydrogens is 246 g/mol. The molecule has 18 heavy (non-hydrogen) atoms. The molecule has 0 saturated carbocycles. The lowest BCUT2D eigenvalue weighted by molar-refractivity contribution is 0.204. The molecule has 0 bridgehead atoms. The number of hydrogen-bond donors (Lipinski definition) is 3. The van der Waals surface area contributed by atoms with Crippen molar-refractivity contribution < 1.29 is 4.74 Å². The Morgan fingerprint density at radius 1 is 1.56 bits per heavy atom. The van der Waals surface area contributed by atoms with Crippen LogP contribution in [0.5, 0.6) is 0 Å². The second kappa shape index (κ2) is 6.95. The molecule has 1 aliphatic carbocycles. The maximum absolute atomic E-state index is 5.15. The number of hydrazine groups is 1. The van der Waals surface area contributed by atoms with Gasteiger partial charge in [0, 0.05) is 19.4 Å². The minimum atomic E-state index is 0.257. The molecule has 4 nitrogen and oxygen atoms in total. The van der Waals surface area contributed by atoms with E-state index in [0.717, 1.165) is 6.42 Å². The summed E-state index contributed by atoms with van der Waals surface area (Å²) in [6, 6.07) is 0. The Labute approximate surface area is 116 Å². The first-order valence-electron chi connectivity index (χ1n) is 6.43. The second-order valence-electron chi connectivity index (χ2n) is 5.67. The zero-order valence-corrected chi connectivity index (χ0v) is 12.6. The molecule has 104 valence electrons. The maximum atomic E-state index is 5.15. The van der Waals surface area contributed by atoms with Crippen LogP contribution in [0.25, 0.3) is 0 Å². The molecule has 0 saturated heterocycles. The third-order valence-corrected chi connectivity index (χ3v) is 3.18. The van der Waals surface area contributed by atoms with Gasteiger partial charge in [0.05, 0.1) is 6.61 Å². The van der Waals surface area contributed by atoms with Crippen LogP contribution in [0.4, 0.5) is 0 Å². The maximum Gasteiger partial charge on any atom is 0.185 e. The van der Waals surface area contributed by atoms with Crippen LogP contribution in [0.3, 0.4) is 0 Å². The fourth-order valence-corrected chi connectivity index (χ4v) is 2.62. The van der Waals surface area contributed by atoms with Gasteiger partial charge in [-0.05, 0) is 36.4 Å². The second-order valence-corrected chi connectivity index (χ2v) is 6.08. The summed E-state index contributed by atoms with van der Waals surface area (Å²) < 4.78 is 4.95. The predicted molar refractivity (Wildman–Crippen MR) is 79.0 cm³/mol. The van der Waals surface area contributed by atoms with Crippen molar-refractivity contribution in [2.75, 3.05) is 20.3 Å². The minimum absolute atomic E-state index is 0.257. The smallest absolute Gasteiger partial charge is 0.185 e. The number of thiocarbonyl (C=S) groups is 1. The first-order chi connectivity index (χ1) is 8.43. The molecule has 0 spiro atoms. The summed E-state index contributed by atoms with van der Waals surface area (Å²) in [4.78, 5) is 0. The molecule has 0 aromatic carbocycles. The van der Waals surface area contributed by atoms with Crippen LogP contribution in [0.15, 0.2) is 11.8 Å². The largest absolute Gasteiger partial charge is 0.383 e. The van der Waals surface area contributed by atoms with Gasteiger partial charge < -0.3 is 15.5 Å². The molecule has 0 unspecified atom stereocenters. The molecule has 0 amide bonds. The topological polar surface area (TPSA) is 45.3 Å². The number of allylic oxidation sites excluding steroid dienone is 2. The van der Waals surface area contributed by atoms with Crippen LogP contribution >= 0.6 is 12.2 Å². The molecule has 0 radical (unpaired) electrons. The van der Waals surface area contributed by atoms with Crippen molar-refractivity contribution in [1.82, 2.24) is 16.2 Å². The van der Waals surface area contributed by atoms with E-state index < -0.39 is 0 Å². The van der Waals surface area contributed by atoms with Crippen LogP contribution in [0, 0.1) is 11.3 Å². The van der Waals surface area contributed by atoms with E-state index in [1.165, 1.54) is 12.1 Å². The standard InChI is InChI=1S/C13H25N3OS/c1-10-7-11(9-13(2,3)8-10)15-16-12(18)14-5-6-17-4/h9-10,15H,5-8H2,1-4H3,(H2,14,16,18)/t10-/m0/s1. The van der Waals surface area contributed by atoms with Gasteiger partial charge in [0.25, 0.3) is 0 Å². The molecule has 1 rings (SSSR count). The first kappa shape index (κ1) is 15.2. The lowest BCUT2D eigenvalue weighted by Crippen LogP contribution is -2.45. The fraction of sp³-hybridized carbons (Fsp3) is 0.769. The molecule has 0 heterocycles. The van der Waals surface area contributed by atoms with Gasteiger partial charge >= 0.3 is 0 Å². The van der Waals surface area contributed by atoms with Crippen molar-refractivity contribution in [3.63, 3.8) is 0 Å². The van der Waals surface area contributed by atoms with Gasteiger partial charge in [-0.2, -0.15) is 0 Å². The van der Waals surface area contributed by atoms with Crippen LogP contribution in [0.1, 0.15) is 33.6 Å². The van der Waals surface area contributed by atoms with Crippen LogP contribution in [-0.2, 0) is 4.74 Å². The van der Waals surface area contributed by atoms with Crippen molar-refractivity contribution in [1.29, 1.82) is 0 Å². The Balaban J connectivity index is 2.34. The summed E-state index contributed by atoms with van der Waals surface area (Å²) >= 11 is 5.15. The molecule has 1 aliphatic rings. The van der Waals surface area contributed by atoms with Crippen molar-refractivity contribution in [2.24, 2.45) is 11.3 Å². The van der Waals surface area contributed by atoms with E-state index in [4.69, 9.17) is 17.0 Å². The zero-order chi connectivity index (χ0) is 13.6. The Hall–Kier alpha value is -0.810. The van der Waals surface area contributed by atoms with Gasteiger partial charge in [-0.15, -0.1) is 0 Å². The number of hydrogen-bond acceptors (Lipinski definition) is 3. The highest BCUT2D eigenvalue weighted by molar-refractivity contribution is 7.80. The first-order valence-corrected chi connectivity index (χ1v) is 6.84. The lowest BCUT2D eigenvalue weighted by atomic mass is 9.76. The number of methoxy groups -OCH3 is 1. The lowest BCUT2D eigenvalue weighted by Gasteiger charge is -2.32. The van der Waals surface area contributed by atoms with E-state index in [-0.39, 0.29) is 5.41 Å². The summed E-state index contributed by atoms with van der Waals surface area (Å²) in [6.07, 6.45) is 4.59. The minimum Gasteiger partial charge on any atom is -0.383 e. The third kappa shape index (κ3) is 5.69.